The maximum absolute atomic E-state index is 11.6. The molecule has 1 amide bonds. The van der Waals surface area contributed by atoms with Gasteiger partial charge in [0.15, 0.2) is 5.69 Å². The number of H-pyrrole nitrogens is 1. The molecule has 6 heteroatoms. The van der Waals surface area contributed by atoms with Crippen LogP contribution in [0.4, 0.5) is 5.69 Å². The molecule has 0 atom stereocenters. The van der Waals surface area contributed by atoms with Crippen LogP contribution in [0.1, 0.15) is 16.1 Å². The summed E-state index contributed by atoms with van der Waals surface area (Å²) < 4.78 is 0. The Labute approximate surface area is 91.3 Å². The van der Waals surface area contributed by atoms with E-state index in [0.29, 0.717) is 5.69 Å². The summed E-state index contributed by atoms with van der Waals surface area (Å²) in [5.41, 5.74) is 1.43. The largest absolute Gasteiger partial charge is 0.506 e. The van der Waals surface area contributed by atoms with Gasteiger partial charge < -0.3 is 10.4 Å². The second kappa shape index (κ2) is 4.01. The molecule has 0 saturated carbocycles. The van der Waals surface area contributed by atoms with Crippen molar-refractivity contribution < 1.29 is 9.90 Å². The first-order valence-corrected chi connectivity index (χ1v) is 4.63. The first-order chi connectivity index (χ1) is 7.66. The second-order valence-electron chi connectivity index (χ2n) is 3.33. The van der Waals surface area contributed by atoms with Gasteiger partial charge in [-0.2, -0.15) is 15.4 Å². The van der Waals surface area contributed by atoms with Gasteiger partial charge >= 0.3 is 0 Å². The number of phenolic OH excluding ortho intramolecular Hbond substituents is 1. The monoisotopic (exact) mass is 218 g/mol. The summed E-state index contributed by atoms with van der Waals surface area (Å²) in [6.45, 7) is 1.85. The van der Waals surface area contributed by atoms with E-state index in [9.17, 15) is 9.90 Å². The average molecular weight is 218 g/mol. The first kappa shape index (κ1) is 10.2. The Morgan fingerprint density at radius 2 is 2.31 bits per heavy atom. The quantitative estimate of drug-likeness (QED) is 0.657. The molecule has 16 heavy (non-hydrogen) atoms. The van der Waals surface area contributed by atoms with Crippen molar-refractivity contribution in [1.82, 2.24) is 15.4 Å². The fourth-order valence-corrected chi connectivity index (χ4v) is 1.24. The van der Waals surface area contributed by atoms with Crippen molar-refractivity contribution in [1.29, 1.82) is 0 Å². The summed E-state index contributed by atoms with van der Waals surface area (Å²) >= 11 is 0. The minimum atomic E-state index is -0.423. The van der Waals surface area contributed by atoms with Crippen molar-refractivity contribution in [3.63, 3.8) is 0 Å². The zero-order chi connectivity index (χ0) is 11.5. The highest BCUT2D eigenvalue weighted by atomic mass is 16.3. The summed E-state index contributed by atoms with van der Waals surface area (Å²) in [5, 5.41) is 21.6. The predicted molar refractivity (Wildman–Crippen MR) is 57.2 cm³/mol. The molecule has 0 radical (unpaired) electrons. The smallest absolute Gasteiger partial charge is 0.277 e. The highest BCUT2D eigenvalue weighted by Gasteiger charge is 2.10. The molecule has 0 saturated heterocycles. The van der Waals surface area contributed by atoms with Crippen molar-refractivity contribution in [2.24, 2.45) is 0 Å². The SMILES string of the molecule is Cc1ccc(NC(=O)c2cn[nH]n2)c(O)c1. The van der Waals surface area contributed by atoms with Crippen LogP contribution >= 0.6 is 0 Å². The maximum Gasteiger partial charge on any atom is 0.277 e. The minimum absolute atomic E-state index is 0.0249. The number of benzene rings is 1. The van der Waals surface area contributed by atoms with Crippen molar-refractivity contribution >= 4 is 11.6 Å². The normalized spacial score (nSPS) is 10.1. The van der Waals surface area contributed by atoms with Crippen LogP contribution in [0.2, 0.25) is 0 Å². The van der Waals surface area contributed by atoms with E-state index in [-0.39, 0.29) is 11.4 Å². The Hall–Kier alpha value is -2.37. The molecule has 0 unspecified atom stereocenters. The van der Waals surface area contributed by atoms with Crippen LogP contribution in [0.25, 0.3) is 0 Å². The van der Waals surface area contributed by atoms with E-state index in [1.54, 1.807) is 18.2 Å². The summed E-state index contributed by atoms with van der Waals surface area (Å²) in [6.07, 6.45) is 1.31. The molecule has 82 valence electrons. The number of amides is 1. The third kappa shape index (κ3) is 2.00. The molecule has 0 aliphatic carbocycles. The molecular formula is C10H10N4O2. The van der Waals surface area contributed by atoms with Gasteiger partial charge in [0, 0.05) is 0 Å². The average Bonchev–Trinajstić information content (AvgIpc) is 2.75. The van der Waals surface area contributed by atoms with Gasteiger partial charge in [0.1, 0.15) is 5.75 Å². The molecule has 2 aromatic rings. The van der Waals surface area contributed by atoms with Crippen LogP contribution in [0, 0.1) is 6.92 Å². The summed E-state index contributed by atoms with van der Waals surface area (Å²) in [5.74, 6) is -0.398. The summed E-state index contributed by atoms with van der Waals surface area (Å²) in [4.78, 5) is 11.6. The van der Waals surface area contributed by atoms with Gasteiger partial charge in [0.05, 0.1) is 11.9 Å². The number of hydrogen-bond acceptors (Lipinski definition) is 4. The topological polar surface area (TPSA) is 90.9 Å². The summed E-state index contributed by atoms with van der Waals surface area (Å²) in [7, 11) is 0. The number of hydrogen-bond donors (Lipinski definition) is 3. The number of phenols is 1. The lowest BCUT2D eigenvalue weighted by molar-refractivity contribution is 0.102. The second-order valence-corrected chi connectivity index (χ2v) is 3.33. The van der Waals surface area contributed by atoms with E-state index in [1.165, 1.54) is 6.20 Å². The fourth-order valence-electron chi connectivity index (χ4n) is 1.24. The first-order valence-electron chi connectivity index (χ1n) is 4.63. The Morgan fingerprint density at radius 3 is 2.94 bits per heavy atom. The molecule has 1 heterocycles. The van der Waals surface area contributed by atoms with Gasteiger partial charge in [0.25, 0.3) is 5.91 Å². The molecule has 0 spiro atoms. The van der Waals surface area contributed by atoms with Gasteiger partial charge in [-0.05, 0) is 24.6 Å². The van der Waals surface area contributed by atoms with Crippen molar-refractivity contribution in [2.75, 3.05) is 5.32 Å². The Morgan fingerprint density at radius 1 is 1.50 bits per heavy atom. The zero-order valence-electron chi connectivity index (χ0n) is 8.56. The van der Waals surface area contributed by atoms with Crippen molar-refractivity contribution in [3.05, 3.63) is 35.7 Å². The number of carbonyl (C=O) groups is 1. The van der Waals surface area contributed by atoms with Gasteiger partial charge in [-0.1, -0.05) is 6.07 Å². The van der Waals surface area contributed by atoms with Crippen LogP contribution in [0.5, 0.6) is 5.75 Å². The molecular weight excluding hydrogens is 208 g/mol. The van der Waals surface area contributed by atoms with E-state index in [2.05, 4.69) is 20.7 Å². The van der Waals surface area contributed by atoms with E-state index in [1.807, 2.05) is 6.92 Å². The van der Waals surface area contributed by atoms with E-state index < -0.39 is 5.91 Å². The van der Waals surface area contributed by atoms with Crippen LogP contribution in [-0.4, -0.2) is 26.4 Å². The number of anilines is 1. The molecule has 6 nitrogen and oxygen atoms in total. The molecule has 3 N–H and O–H groups in total. The van der Waals surface area contributed by atoms with Gasteiger partial charge in [-0.15, -0.1) is 0 Å². The molecule has 2 rings (SSSR count). The molecule has 0 aliphatic heterocycles. The third-order valence-electron chi connectivity index (χ3n) is 2.05. The molecule has 0 bridgehead atoms. The number of aromatic hydroxyl groups is 1. The molecule has 1 aromatic heterocycles. The van der Waals surface area contributed by atoms with E-state index in [0.717, 1.165) is 5.56 Å². The number of nitrogens with one attached hydrogen (secondary N) is 2. The van der Waals surface area contributed by atoms with Crippen LogP contribution in [-0.2, 0) is 0 Å². The standard InChI is InChI=1S/C10H10N4O2/c1-6-2-3-7(9(15)4-6)12-10(16)8-5-11-14-13-8/h2-5,15H,1H3,(H,12,16)(H,11,13,14). The molecule has 0 aliphatic rings. The van der Waals surface area contributed by atoms with Crippen LogP contribution in [0.15, 0.2) is 24.4 Å². The number of nitrogens with zero attached hydrogens (tertiary/aromatic N) is 2. The predicted octanol–water partition coefficient (Wildman–Crippen LogP) is 1.07. The Bertz CT molecular complexity index is 508. The Balaban J connectivity index is 2.18. The number of carbonyl (C=O) groups excluding carboxylic acids is 1. The number of aromatic amines is 1. The van der Waals surface area contributed by atoms with Gasteiger partial charge in [-0.25, -0.2) is 0 Å². The van der Waals surface area contributed by atoms with Crippen molar-refractivity contribution in [3.8, 4) is 5.75 Å². The van der Waals surface area contributed by atoms with Gasteiger partial charge in [0.2, 0.25) is 0 Å². The number of aryl methyl sites for hydroxylation is 1. The lowest BCUT2D eigenvalue weighted by Crippen LogP contribution is -2.12. The fraction of sp³-hybridized carbons (Fsp3) is 0.100. The maximum atomic E-state index is 11.6. The highest BCUT2D eigenvalue weighted by Crippen LogP contribution is 2.24. The highest BCUT2D eigenvalue weighted by molar-refractivity contribution is 6.03. The lowest BCUT2D eigenvalue weighted by atomic mass is 10.2. The van der Waals surface area contributed by atoms with Gasteiger partial charge in [-0.3, -0.25) is 4.79 Å². The summed E-state index contributed by atoms with van der Waals surface area (Å²) in [6, 6.07) is 4.99. The zero-order valence-corrected chi connectivity index (χ0v) is 8.56. The Kier molecular flexibility index (Phi) is 2.55. The molecule has 0 fully saturated rings. The minimum Gasteiger partial charge on any atom is -0.506 e. The molecule has 1 aromatic carbocycles. The van der Waals surface area contributed by atoms with Crippen LogP contribution in [0.3, 0.4) is 0 Å². The number of aromatic nitrogens is 3. The van der Waals surface area contributed by atoms with E-state index >= 15 is 0 Å². The van der Waals surface area contributed by atoms with Crippen molar-refractivity contribution in [2.45, 2.75) is 6.92 Å². The number of rotatable bonds is 2. The van der Waals surface area contributed by atoms with E-state index in [4.69, 9.17) is 0 Å². The lowest BCUT2D eigenvalue weighted by Gasteiger charge is -2.05. The van der Waals surface area contributed by atoms with Crippen LogP contribution < -0.4 is 5.32 Å². The third-order valence-corrected chi connectivity index (χ3v) is 2.05.